The van der Waals surface area contributed by atoms with Crippen LogP contribution in [0.25, 0.3) is 0 Å². The van der Waals surface area contributed by atoms with E-state index >= 15 is 0 Å². The van der Waals surface area contributed by atoms with Crippen LogP contribution < -0.4 is 15.5 Å². The highest BCUT2D eigenvalue weighted by Crippen LogP contribution is 2.40. The first-order valence-electron chi connectivity index (χ1n) is 7.95. The van der Waals surface area contributed by atoms with Crippen molar-refractivity contribution in [1.82, 2.24) is 5.09 Å². The maximum Gasteiger partial charge on any atom is 0.264 e. The zero-order chi connectivity index (χ0) is 16.8. The lowest BCUT2D eigenvalue weighted by Crippen LogP contribution is -2.24. The van der Waals surface area contributed by atoms with Gasteiger partial charge in [0.25, 0.3) is 7.44 Å². The maximum atomic E-state index is 13.6. The summed E-state index contributed by atoms with van der Waals surface area (Å²) in [5.41, 5.74) is 3.11. The van der Waals surface area contributed by atoms with E-state index < -0.39 is 7.44 Å². The normalized spacial score (nSPS) is 13.2. The average molecular weight is 336 g/mol. The summed E-state index contributed by atoms with van der Waals surface area (Å²) in [5.74, 6) is 0. The summed E-state index contributed by atoms with van der Waals surface area (Å²) >= 11 is 0. The van der Waals surface area contributed by atoms with Crippen molar-refractivity contribution in [3.63, 3.8) is 0 Å². The molecule has 0 amide bonds. The fourth-order valence-corrected chi connectivity index (χ4v) is 4.34. The molecule has 3 aromatic carbocycles. The summed E-state index contributed by atoms with van der Waals surface area (Å²) in [6, 6.07) is 27.4. The van der Waals surface area contributed by atoms with E-state index in [2.05, 4.69) is 10.2 Å². The van der Waals surface area contributed by atoms with Crippen molar-refractivity contribution >= 4 is 18.4 Å². The molecule has 0 unspecified atom stereocenters. The Bertz CT molecular complexity index is 817. The van der Waals surface area contributed by atoms with E-state index in [-0.39, 0.29) is 0 Å². The molecule has 0 spiro atoms. The Hall–Kier alpha value is -2.35. The maximum absolute atomic E-state index is 13.6. The van der Waals surface area contributed by atoms with Gasteiger partial charge in [-0.3, -0.25) is 4.57 Å². The third-order valence-corrected chi connectivity index (χ3v) is 6.01. The minimum Gasteiger partial charge on any atom is -0.321 e. The molecule has 3 nitrogen and oxygen atoms in total. The van der Waals surface area contributed by atoms with Crippen LogP contribution in [0.1, 0.15) is 11.1 Å². The number of aryl methyl sites for hydroxylation is 1. The molecule has 0 saturated heterocycles. The second kappa shape index (κ2) is 7.48. The van der Waals surface area contributed by atoms with Gasteiger partial charge in [-0.05, 0) is 36.8 Å². The molecular formula is C20H21N2OP. The van der Waals surface area contributed by atoms with Gasteiger partial charge in [0.15, 0.2) is 0 Å². The van der Waals surface area contributed by atoms with Crippen molar-refractivity contribution in [2.45, 2.75) is 13.5 Å². The van der Waals surface area contributed by atoms with Crippen LogP contribution >= 0.6 is 7.44 Å². The first-order chi connectivity index (χ1) is 11.7. The predicted octanol–water partition coefficient (Wildman–Crippen LogP) is 4.72. The van der Waals surface area contributed by atoms with Crippen LogP contribution in [0.5, 0.6) is 0 Å². The lowest BCUT2D eigenvalue weighted by atomic mass is 10.2. The minimum absolute atomic E-state index is 0.534. The third kappa shape index (κ3) is 4.14. The van der Waals surface area contributed by atoms with Gasteiger partial charge in [0, 0.05) is 17.5 Å². The van der Waals surface area contributed by atoms with E-state index in [9.17, 15) is 4.57 Å². The monoisotopic (exact) mass is 336 g/mol. The van der Waals surface area contributed by atoms with Gasteiger partial charge in [0.05, 0.1) is 0 Å². The Morgan fingerprint density at radius 1 is 0.792 bits per heavy atom. The number of rotatable bonds is 6. The molecule has 0 aliphatic carbocycles. The summed E-state index contributed by atoms with van der Waals surface area (Å²) < 4.78 is 13.6. The molecule has 1 atom stereocenters. The summed E-state index contributed by atoms with van der Waals surface area (Å²) in [6.07, 6.45) is 0. The molecule has 3 aromatic rings. The third-order valence-electron chi connectivity index (χ3n) is 3.81. The van der Waals surface area contributed by atoms with Crippen molar-refractivity contribution in [2.24, 2.45) is 0 Å². The average Bonchev–Trinajstić information content (AvgIpc) is 2.64. The standard InChI is InChI=1S/C20H21N2OP/c1-17-12-14-19(15-13-17)22-24(23,20-10-6-3-7-11-20)21-16-18-8-4-2-5-9-18/h2-15H,16H2,1H3,(H2,21,22,23)/t24-/m1/s1. The molecule has 0 radical (unpaired) electrons. The Balaban J connectivity index is 1.86. The summed E-state index contributed by atoms with van der Waals surface area (Å²) in [4.78, 5) is 0. The van der Waals surface area contributed by atoms with Gasteiger partial charge in [-0.25, -0.2) is 5.09 Å². The highest BCUT2D eigenvalue weighted by Gasteiger charge is 2.24. The Morgan fingerprint density at radius 3 is 2.00 bits per heavy atom. The quantitative estimate of drug-likeness (QED) is 0.640. The molecule has 0 bridgehead atoms. The van der Waals surface area contributed by atoms with Crippen LogP contribution in [0.4, 0.5) is 5.69 Å². The minimum atomic E-state index is -2.97. The van der Waals surface area contributed by atoms with Crippen molar-refractivity contribution < 1.29 is 4.57 Å². The smallest absolute Gasteiger partial charge is 0.264 e. The lowest BCUT2D eigenvalue weighted by Gasteiger charge is -2.22. The van der Waals surface area contributed by atoms with E-state index in [4.69, 9.17) is 0 Å². The van der Waals surface area contributed by atoms with E-state index in [1.807, 2.05) is 91.9 Å². The Morgan fingerprint density at radius 2 is 1.38 bits per heavy atom. The van der Waals surface area contributed by atoms with Gasteiger partial charge in [0.2, 0.25) is 0 Å². The van der Waals surface area contributed by atoms with Crippen LogP contribution in [-0.2, 0) is 11.1 Å². The summed E-state index contributed by atoms with van der Waals surface area (Å²) in [7, 11) is -2.97. The van der Waals surface area contributed by atoms with Gasteiger partial charge >= 0.3 is 0 Å². The molecule has 0 heterocycles. The van der Waals surface area contributed by atoms with E-state index in [0.29, 0.717) is 6.54 Å². The molecule has 4 heteroatoms. The number of hydrogen-bond donors (Lipinski definition) is 2. The first-order valence-corrected chi connectivity index (χ1v) is 9.66. The van der Waals surface area contributed by atoms with Crippen LogP contribution in [0.2, 0.25) is 0 Å². The van der Waals surface area contributed by atoms with Crippen LogP contribution in [0.15, 0.2) is 84.9 Å². The van der Waals surface area contributed by atoms with Gasteiger partial charge in [-0.2, -0.15) is 0 Å². The number of hydrogen-bond acceptors (Lipinski definition) is 1. The highest BCUT2D eigenvalue weighted by molar-refractivity contribution is 7.71. The van der Waals surface area contributed by atoms with E-state index in [1.165, 1.54) is 5.56 Å². The molecule has 0 aromatic heterocycles. The molecule has 24 heavy (non-hydrogen) atoms. The molecule has 3 rings (SSSR count). The van der Waals surface area contributed by atoms with Crippen molar-refractivity contribution in [1.29, 1.82) is 0 Å². The molecule has 0 aliphatic heterocycles. The fourth-order valence-electron chi connectivity index (χ4n) is 2.44. The lowest BCUT2D eigenvalue weighted by molar-refractivity contribution is 0.575. The van der Waals surface area contributed by atoms with Gasteiger partial charge in [-0.1, -0.05) is 66.2 Å². The van der Waals surface area contributed by atoms with Crippen LogP contribution in [0.3, 0.4) is 0 Å². The highest BCUT2D eigenvalue weighted by atomic mass is 31.2. The number of anilines is 1. The summed E-state index contributed by atoms with van der Waals surface area (Å²) in [5, 5.41) is 7.22. The molecule has 0 fully saturated rings. The Kier molecular flexibility index (Phi) is 5.14. The molecule has 2 N–H and O–H groups in total. The number of nitrogens with one attached hydrogen (secondary N) is 2. The molecular weight excluding hydrogens is 315 g/mol. The van der Waals surface area contributed by atoms with Crippen molar-refractivity contribution in [3.8, 4) is 0 Å². The van der Waals surface area contributed by atoms with Crippen LogP contribution in [0, 0.1) is 6.92 Å². The first kappa shape index (κ1) is 16.5. The van der Waals surface area contributed by atoms with Gasteiger partial charge in [0.1, 0.15) is 0 Å². The van der Waals surface area contributed by atoms with Gasteiger partial charge < -0.3 is 5.09 Å². The fraction of sp³-hybridized carbons (Fsp3) is 0.100. The molecule has 0 aliphatic rings. The zero-order valence-electron chi connectivity index (χ0n) is 13.6. The largest absolute Gasteiger partial charge is 0.321 e. The zero-order valence-corrected chi connectivity index (χ0v) is 14.5. The van der Waals surface area contributed by atoms with Gasteiger partial charge in [-0.15, -0.1) is 0 Å². The second-order valence-corrected chi connectivity index (χ2v) is 8.02. The second-order valence-electron chi connectivity index (χ2n) is 5.74. The molecule has 0 saturated carbocycles. The SMILES string of the molecule is Cc1ccc(N[P@](=O)(NCc2ccccc2)c2ccccc2)cc1. The Labute approximate surface area is 143 Å². The predicted molar refractivity (Wildman–Crippen MR) is 102 cm³/mol. The van der Waals surface area contributed by atoms with E-state index in [1.54, 1.807) is 0 Å². The topological polar surface area (TPSA) is 41.1 Å². The van der Waals surface area contributed by atoms with Crippen molar-refractivity contribution in [2.75, 3.05) is 5.09 Å². The number of benzene rings is 3. The van der Waals surface area contributed by atoms with E-state index in [0.717, 1.165) is 16.6 Å². The molecule has 122 valence electrons. The summed E-state index contributed by atoms with van der Waals surface area (Å²) in [6.45, 7) is 2.57. The van der Waals surface area contributed by atoms with Crippen molar-refractivity contribution in [3.05, 3.63) is 96.1 Å². The van der Waals surface area contributed by atoms with Crippen LogP contribution in [-0.4, -0.2) is 0 Å².